The van der Waals surface area contributed by atoms with Gasteiger partial charge in [-0.05, 0) is 32.8 Å². The summed E-state index contributed by atoms with van der Waals surface area (Å²) in [5.41, 5.74) is 1.71. The van der Waals surface area contributed by atoms with Crippen molar-refractivity contribution >= 4 is 16.0 Å². The minimum absolute atomic E-state index is 0.0993. The third-order valence-electron chi connectivity index (χ3n) is 5.27. The molecule has 12 heteroatoms. The molecule has 3 aromatic heterocycles. The first-order valence-electron chi connectivity index (χ1n) is 10.1. The number of pyridine rings is 1. The van der Waals surface area contributed by atoms with Crippen LogP contribution in [0.15, 0.2) is 30.6 Å². The summed E-state index contributed by atoms with van der Waals surface area (Å²) in [7, 11) is -0.931. The maximum absolute atomic E-state index is 13.2. The molecule has 2 unspecified atom stereocenters. The zero-order valence-corrected chi connectivity index (χ0v) is 19.1. The smallest absolute Gasteiger partial charge is 0.240 e. The molecule has 0 amide bonds. The highest BCUT2D eigenvalue weighted by molar-refractivity contribution is 7.93. The summed E-state index contributed by atoms with van der Waals surface area (Å²) in [6.45, 7) is 3.36. The van der Waals surface area contributed by atoms with Gasteiger partial charge >= 0.3 is 0 Å². The highest BCUT2D eigenvalue weighted by Crippen LogP contribution is 2.40. The summed E-state index contributed by atoms with van der Waals surface area (Å²) in [5, 5.41) is 7.37. The van der Waals surface area contributed by atoms with Crippen LogP contribution in [-0.4, -0.2) is 57.6 Å². The predicted molar refractivity (Wildman–Crippen MR) is 117 cm³/mol. The fourth-order valence-electron chi connectivity index (χ4n) is 3.35. The first-order chi connectivity index (χ1) is 15.3. The maximum Gasteiger partial charge on any atom is 0.240 e. The van der Waals surface area contributed by atoms with Gasteiger partial charge in [-0.1, -0.05) is 6.07 Å². The second kappa shape index (κ2) is 8.79. The SMILES string of the molecule is COc1cccc(-c2nnc(NS(=O)(=O)C(C)C(OC)c3cnc(C)cn3)n2C2CC2)n1. The van der Waals surface area contributed by atoms with Crippen LogP contribution >= 0.6 is 0 Å². The van der Waals surface area contributed by atoms with E-state index in [2.05, 4.69) is 29.9 Å². The van der Waals surface area contributed by atoms with Gasteiger partial charge in [0.15, 0.2) is 5.82 Å². The van der Waals surface area contributed by atoms with Crippen molar-refractivity contribution in [1.82, 2.24) is 29.7 Å². The topological polar surface area (TPSA) is 134 Å². The average Bonchev–Trinajstić information content (AvgIpc) is 3.55. The Kier molecular flexibility index (Phi) is 6.07. The summed E-state index contributed by atoms with van der Waals surface area (Å²) < 4.78 is 41.5. The Morgan fingerprint density at radius 3 is 2.56 bits per heavy atom. The molecule has 1 fully saturated rings. The second-order valence-corrected chi connectivity index (χ2v) is 9.64. The van der Waals surface area contributed by atoms with Crippen LogP contribution in [0.25, 0.3) is 11.5 Å². The molecule has 1 aliphatic carbocycles. The van der Waals surface area contributed by atoms with Crippen molar-refractivity contribution in [2.45, 2.75) is 44.1 Å². The highest BCUT2D eigenvalue weighted by Gasteiger charge is 2.36. The van der Waals surface area contributed by atoms with Crippen LogP contribution in [0.4, 0.5) is 5.95 Å². The number of anilines is 1. The lowest BCUT2D eigenvalue weighted by Crippen LogP contribution is -2.33. The number of aryl methyl sites for hydroxylation is 1. The van der Waals surface area contributed by atoms with E-state index < -0.39 is 21.4 Å². The minimum atomic E-state index is -3.90. The molecule has 0 aromatic carbocycles. The molecule has 0 spiro atoms. The number of nitrogens with one attached hydrogen (secondary N) is 1. The maximum atomic E-state index is 13.2. The molecular formula is C20H25N7O4S. The molecule has 4 rings (SSSR count). The normalized spacial score (nSPS) is 15.9. The lowest BCUT2D eigenvalue weighted by molar-refractivity contribution is 0.0985. The van der Waals surface area contributed by atoms with Crippen LogP contribution < -0.4 is 9.46 Å². The Balaban J connectivity index is 1.64. The largest absolute Gasteiger partial charge is 0.481 e. The van der Waals surface area contributed by atoms with Gasteiger partial charge in [-0.25, -0.2) is 13.4 Å². The van der Waals surface area contributed by atoms with Gasteiger partial charge in [0.25, 0.3) is 0 Å². The number of methoxy groups -OCH3 is 2. The number of rotatable bonds is 9. The first-order valence-corrected chi connectivity index (χ1v) is 11.7. The zero-order valence-electron chi connectivity index (χ0n) is 18.3. The van der Waals surface area contributed by atoms with Crippen LogP contribution in [0.3, 0.4) is 0 Å². The molecule has 3 heterocycles. The molecule has 170 valence electrons. The fraction of sp³-hybridized carbons (Fsp3) is 0.450. The van der Waals surface area contributed by atoms with Gasteiger partial charge in [-0.2, -0.15) is 0 Å². The van der Waals surface area contributed by atoms with Crippen molar-refractivity contribution in [3.8, 4) is 17.4 Å². The molecule has 11 nitrogen and oxygen atoms in total. The van der Waals surface area contributed by atoms with Gasteiger partial charge < -0.3 is 9.47 Å². The summed E-state index contributed by atoms with van der Waals surface area (Å²) in [6.07, 6.45) is 4.09. The number of nitrogens with zero attached hydrogens (tertiary/aromatic N) is 6. The van der Waals surface area contributed by atoms with E-state index in [9.17, 15) is 8.42 Å². The summed E-state index contributed by atoms with van der Waals surface area (Å²) in [4.78, 5) is 12.9. The van der Waals surface area contributed by atoms with Crippen LogP contribution in [0.5, 0.6) is 5.88 Å². The average molecular weight is 460 g/mol. The van der Waals surface area contributed by atoms with Crippen LogP contribution in [0.1, 0.15) is 43.3 Å². The van der Waals surface area contributed by atoms with Crippen LogP contribution in [-0.2, 0) is 14.8 Å². The van der Waals surface area contributed by atoms with E-state index in [1.807, 2.05) is 0 Å². The first kappa shape index (κ1) is 22.1. The Hall–Kier alpha value is -3.12. The third kappa shape index (κ3) is 4.41. The predicted octanol–water partition coefficient (Wildman–Crippen LogP) is 2.30. The molecule has 1 aliphatic rings. The van der Waals surface area contributed by atoms with Crippen molar-refractivity contribution < 1.29 is 17.9 Å². The number of ether oxygens (including phenoxy) is 2. The second-order valence-electron chi connectivity index (χ2n) is 7.60. The highest BCUT2D eigenvalue weighted by atomic mass is 32.2. The summed E-state index contributed by atoms with van der Waals surface area (Å²) in [5.74, 6) is 1.05. The van der Waals surface area contributed by atoms with E-state index in [1.54, 1.807) is 42.8 Å². The zero-order chi connectivity index (χ0) is 22.9. The van der Waals surface area contributed by atoms with Gasteiger partial charge in [0, 0.05) is 25.4 Å². The van der Waals surface area contributed by atoms with Gasteiger partial charge in [0.1, 0.15) is 17.0 Å². The lowest BCUT2D eigenvalue weighted by Gasteiger charge is -2.22. The van der Waals surface area contributed by atoms with E-state index in [-0.39, 0.29) is 12.0 Å². The molecule has 0 aliphatic heterocycles. The van der Waals surface area contributed by atoms with Crippen molar-refractivity contribution in [1.29, 1.82) is 0 Å². The minimum Gasteiger partial charge on any atom is -0.481 e. The molecule has 0 bridgehead atoms. The van der Waals surface area contributed by atoms with Crippen molar-refractivity contribution in [3.63, 3.8) is 0 Å². The standard InChI is InChI=1S/C20H25N7O4S/c1-12-10-22-16(11-21-12)18(31-4)13(2)32(28,29)26-20-25-24-19(27(20)14-8-9-14)15-6-5-7-17(23-15)30-3/h5-7,10-11,13-14,18H,8-9H2,1-4H3,(H,25,26). The van der Waals surface area contributed by atoms with Gasteiger partial charge in [-0.15, -0.1) is 10.2 Å². The van der Waals surface area contributed by atoms with Crippen molar-refractivity contribution in [2.75, 3.05) is 18.9 Å². The summed E-state index contributed by atoms with van der Waals surface area (Å²) >= 11 is 0. The molecule has 0 saturated heterocycles. The molecule has 3 aromatic rings. The van der Waals surface area contributed by atoms with Crippen molar-refractivity contribution in [3.05, 3.63) is 42.0 Å². The lowest BCUT2D eigenvalue weighted by atomic mass is 10.2. The number of aromatic nitrogens is 6. The Morgan fingerprint density at radius 2 is 1.94 bits per heavy atom. The Bertz CT molecular complexity index is 1190. The van der Waals surface area contributed by atoms with Gasteiger partial charge in [0.05, 0.1) is 24.7 Å². The third-order valence-corrected chi connectivity index (χ3v) is 6.96. The fourth-order valence-corrected chi connectivity index (χ4v) is 4.51. The Morgan fingerprint density at radius 1 is 1.16 bits per heavy atom. The van der Waals surface area contributed by atoms with E-state index in [1.165, 1.54) is 20.4 Å². The van der Waals surface area contributed by atoms with Gasteiger partial charge in [-0.3, -0.25) is 19.3 Å². The van der Waals surface area contributed by atoms with E-state index in [0.29, 0.717) is 23.1 Å². The molecule has 1 N–H and O–H groups in total. The molecule has 1 saturated carbocycles. The Labute approximate surface area is 186 Å². The summed E-state index contributed by atoms with van der Waals surface area (Å²) in [6, 6.07) is 5.40. The molecule has 32 heavy (non-hydrogen) atoms. The van der Waals surface area contributed by atoms with Crippen molar-refractivity contribution in [2.24, 2.45) is 0 Å². The van der Waals surface area contributed by atoms with E-state index >= 15 is 0 Å². The molecule has 2 atom stereocenters. The number of sulfonamides is 1. The van der Waals surface area contributed by atoms with E-state index in [0.717, 1.165) is 18.5 Å². The monoisotopic (exact) mass is 459 g/mol. The molecule has 0 radical (unpaired) electrons. The van der Waals surface area contributed by atoms with Crippen LogP contribution in [0.2, 0.25) is 0 Å². The van der Waals surface area contributed by atoms with E-state index in [4.69, 9.17) is 9.47 Å². The number of hydrogen-bond donors (Lipinski definition) is 1. The van der Waals surface area contributed by atoms with Gasteiger partial charge in [0.2, 0.25) is 21.9 Å². The quantitative estimate of drug-likeness (QED) is 0.511. The molecular weight excluding hydrogens is 434 g/mol. The van der Waals surface area contributed by atoms with Crippen LogP contribution in [0, 0.1) is 6.92 Å². The number of hydrogen-bond acceptors (Lipinski definition) is 9.